The summed E-state index contributed by atoms with van der Waals surface area (Å²) in [5.74, 6) is 2.21. The highest BCUT2D eigenvalue weighted by atomic mass is 32.2. The van der Waals surface area contributed by atoms with E-state index < -0.39 is 0 Å². The highest BCUT2D eigenvalue weighted by Crippen LogP contribution is 2.21. The lowest BCUT2D eigenvalue weighted by atomic mass is 10.1. The van der Waals surface area contributed by atoms with Gasteiger partial charge in [0.25, 0.3) is 0 Å². The van der Waals surface area contributed by atoms with Crippen molar-refractivity contribution in [3.63, 3.8) is 0 Å². The van der Waals surface area contributed by atoms with Crippen molar-refractivity contribution in [1.82, 2.24) is 9.80 Å². The van der Waals surface area contributed by atoms with E-state index in [1.807, 2.05) is 17.8 Å². The Balaban J connectivity index is 1.67. The zero-order chi connectivity index (χ0) is 16.9. The Morgan fingerprint density at radius 3 is 2.71 bits per heavy atom. The second kappa shape index (κ2) is 8.26. The standard InChI is InChI=1S/C19H29N3OS/c1-15-6-7-17(12-16(15)2)20-19(23)22-10-5-11-24-14-18(22)13-21-8-3-4-9-21/h6-7,12,18H,3-5,8-11,13-14H2,1-2H3,(H,20,23)/t18-/m1/s1. The molecule has 132 valence electrons. The number of rotatable bonds is 3. The van der Waals surface area contributed by atoms with Crippen molar-refractivity contribution in [2.24, 2.45) is 0 Å². The Morgan fingerprint density at radius 1 is 1.17 bits per heavy atom. The van der Waals surface area contributed by atoms with Crippen LogP contribution >= 0.6 is 11.8 Å². The van der Waals surface area contributed by atoms with E-state index >= 15 is 0 Å². The van der Waals surface area contributed by atoms with Crippen LogP contribution in [0.25, 0.3) is 0 Å². The van der Waals surface area contributed by atoms with Crippen molar-refractivity contribution in [2.75, 3.05) is 43.0 Å². The number of likely N-dealkylation sites (tertiary alicyclic amines) is 1. The first kappa shape index (κ1) is 17.6. The minimum atomic E-state index is 0.0601. The number of amides is 2. The SMILES string of the molecule is Cc1ccc(NC(=O)N2CCCSC[C@H]2CN2CCCC2)cc1C. The van der Waals surface area contributed by atoms with Gasteiger partial charge in [-0.05, 0) is 75.2 Å². The lowest BCUT2D eigenvalue weighted by molar-refractivity contribution is 0.173. The van der Waals surface area contributed by atoms with Crippen LogP contribution in [0.15, 0.2) is 18.2 Å². The second-order valence-corrected chi connectivity index (χ2v) is 8.16. The maximum absolute atomic E-state index is 12.9. The first-order valence-corrected chi connectivity index (χ1v) is 10.2. The number of hydrogen-bond donors (Lipinski definition) is 1. The van der Waals surface area contributed by atoms with Crippen LogP contribution in [0.2, 0.25) is 0 Å². The number of benzene rings is 1. The van der Waals surface area contributed by atoms with Crippen LogP contribution in [0, 0.1) is 13.8 Å². The number of aryl methyl sites for hydroxylation is 2. The average Bonchev–Trinajstić information content (AvgIpc) is 2.95. The predicted molar refractivity (Wildman–Crippen MR) is 103 cm³/mol. The molecule has 24 heavy (non-hydrogen) atoms. The molecule has 1 aromatic rings. The fraction of sp³-hybridized carbons (Fsp3) is 0.632. The molecule has 3 rings (SSSR count). The lowest BCUT2D eigenvalue weighted by Crippen LogP contribution is -2.49. The van der Waals surface area contributed by atoms with Crippen molar-refractivity contribution in [3.8, 4) is 0 Å². The highest BCUT2D eigenvalue weighted by molar-refractivity contribution is 7.99. The number of nitrogens with zero attached hydrogens (tertiary/aromatic N) is 2. The molecule has 2 saturated heterocycles. The maximum atomic E-state index is 12.9. The van der Waals surface area contributed by atoms with E-state index in [1.165, 1.54) is 37.1 Å². The molecule has 5 heteroatoms. The van der Waals surface area contributed by atoms with E-state index in [1.54, 1.807) is 0 Å². The topological polar surface area (TPSA) is 35.6 Å². The van der Waals surface area contributed by atoms with Crippen molar-refractivity contribution >= 4 is 23.5 Å². The number of nitrogens with one attached hydrogen (secondary N) is 1. The molecular weight excluding hydrogens is 318 g/mol. The Bertz CT molecular complexity index is 572. The van der Waals surface area contributed by atoms with Gasteiger partial charge in [-0.15, -0.1) is 0 Å². The normalized spacial score (nSPS) is 22.4. The van der Waals surface area contributed by atoms with Crippen molar-refractivity contribution in [2.45, 2.75) is 39.2 Å². The van der Waals surface area contributed by atoms with E-state index in [-0.39, 0.29) is 6.03 Å². The van der Waals surface area contributed by atoms with Gasteiger partial charge >= 0.3 is 6.03 Å². The van der Waals surface area contributed by atoms with Crippen LogP contribution < -0.4 is 5.32 Å². The molecule has 4 nitrogen and oxygen atoms in total. The molecule has 0 saturated carbocycles. The maximum Gasteiger partial charge on any atom is 0.322 e. The minimum Gasteiger partial charge on any atom is -0.319 e. The fourth-order valence-corrected chi connectivity index (χ4v) is 4.58. The summed E-state index contributed by atoms with van der Waals surface area (Å²) in [4.78, 5) is 17.5. The zero-order valence-electron chi connectivity index (χ0n) is 14.9. The Labute approximate surface area is 150 Å². The second-order valence-electron chi connectivity index (χ2n) is 7.01. The van der Waals surface area contributed by atoms with Gasteiger partial charge in [-0.3, -0.25) is 0 Å². The molecule has 1 aromatic carbocycles. The van der Waals surface area contributed by atoms with Crippen molar-refractivity contribution in [1.29, 1.82) is 0 Å². The van der Waals surface area contributed by atoms with Gasteiger partial charge in [0.1, 0.15) is 0 Å². The van der Waals surface area contributed by atoms with Crippen LogP contribution in [-0.4, -0.2) is 59.6 Å². The summed E-state index contributed by atoms with van der Waals surface area (Å²) in [6, 6.07) is 6.52. The molecule has 0 unspecified atom stereocenters. The van der Waals surface area contributed by atoms with E-state index in [0.717, 1.165) is 36.7 Å². The highest BCUT2D eigenvalue weighted by Gasteiger charge is 2.28. The van der Waals surface area contributed by atoms with Crippen LogP contribution in [0.5, 0.6) is 0 Å². The third kappa shape index (κ3) is 4.45. The monoisotopic (exact) mass is 347 g/mol. The predicted octanol–water partition coefficient (Wildman–Crippen LogP) is 3.74. The van der Waals surface area contributed by atoms with Gasteiger partial charge in [0, 0.05) is 24.5 Å². The Morgan fingerprint density at radius 2 is 1.96 bits per heavy atom. The summed E-state index contributed by atoms with van der Waals surface area (Å²) in [7, 11) is 0. The van der Waals surface area contributed by atoms with E-state index in [2.05, 4.69) is 41.1 Å². The molecule has 0 spiro atoms. The number of thioether (sulfide) groups is 1. The molecule has 2 heterocycles. The molecule has 1 N–H and O–H groups in total. The molecule has 0 radical (unpaired) electrons. The zero-order valence-corrected chi connectivity index (χ0v) is 15.7. The smallest absolute Gasteiger partial charge is 0.319 e. The van der Waals surface area contributed by atoms with Gasteiger partial charge in [0.05, 0.1) is 6.04 Å². The summed E-state index contributed by atoms with van der Waals surface area (Å²) in [6.45, 7) is 8.44. The lowest BCUT2D eigenvalue weighted by Gasteiger charge is -2.32. The van der Waals surface area contributed by atoms with Gasteiger partial charge in [0.2, 0.25) is 0 Å². The van der Waals surface area contributed by atoms with Crippen molar-refractivity contribution < 1.29 is 4.79 Å². The van der Waals surface area contributed by atoms with Gasteiger partial charge in [-0.2, -0.15) is 11.8 Å². The number of carbonyl (C=O) groups is 1. The van der Waals surface area contributed by atoms with Crippen LogP contribution in [0.4, 0.5) is 10.5 Å². The third-order valence-corrected chi connectivity index (χ3v) is 6.32. The number of anilines is 1. The van der Waals surface area contributed by atoms with Gasteiger partial charge < -0.3 is 15.1 Å². The van der Waals surface area contributed by atoms with Crippen LogP contribution in [0.1, 0.15) is 30.4 Å². The summed E-state index contributed by atoms with van der Waals surface area (Å²) >= 11 is 1.99. The number of hydrogen-bond acceptors (Lipinski definition) is 3. The van der Waals surface area contributed by atoms with E-state index in [9.17, 15) is 4.79 Å². The van der Waals surface area contributed by atoms with Crippen molar-refractivity contribution in [3.05, 3.63) is 29.3 Å². The number of carbonyl (C=O) groups excluding carboxylic acids is 1. The van der Waals surface area contributed by atoms with Crippen LogP contribution in [0.3, 0.4) is 0 Å². The van der Waals surface area contributed by atoms with Gasteiger partial charge in [0.15, 0.2) is 0 Å². The molecule has 2 fully saturated rings. The average molecular weight is 348 g/mol. The Hall–Kier alpha value is -1.20. The fourth-order valence-electron chi connectivity index (χ4n) is 3.53. The third-order valence-electron chi connectivity index (χ3n) is 5.13. The summed E-state index contributed by atoms with van der Waals surface area (Å²) < 4.78 is 0. The van der Waals surface area contributed by atoms with E-state index in [4.69, 9.17) is 0 Å². The molecule has 2 aliphatic heterocycles. The molecular formula is C19H29N3OS. The molecule has 0 bridgehead atoms. The summed E-state index contributed by atoms with van der Waals surface area (Å²) in [6.07, 6.45) is 3.69. The van der Waals surface area contributed by atoms with E-state index in [0.29, 0.717) is 6.04 Å². The quantitative estimate of drug-likeness (QED) is 0.905. The minimum absolute atomic E-state index is 0.0601. The molecule has 0 aliphatic carbocycles. The van der Waals surface area contributed by atoms with Gasteiger partial charge in [-0.1, -0.05) is 6.07 Å². The largest absolute Gasteiger partial charge is 0.322 e. The van der Waals surface area contributed by atoms with Gasteiger partial charge in [-0.25, -0.2) is 4.79 Å². The molecule has 2 aliphatic rings. The molecule has 0 aromatic heterocycles. The number of urea groups is 1. The first-order chi connectivity index (χ1) is 11.6. The first-order valence-electron chi connectivity index (χ1n) is 9.08. The Kier molecular flexibility index (Phi) is 6.06. The summed E-state index contributed by atoms with van der Waals surface area (Å²) in [5.41, 5.74) is 3.37. The molecule has 1 atom stereocenters. The van der Waals surface area contributed by atoms with Crippen LogP contribution in [-0.2, 0) is 0 Å². The summed E-state index contributed by atoms with van der Waals surface area (Å²) in [5, 5.41) is 3.12. The molecule has 2 amide bonds.